The summed E-state index contributed by atoms with van der Waals surface area (Å²) in [4.78, 5) is 39.1. The Labute approximate surface area is 207 Å². The number of anilines is 1. The van der Waals surface area contributed by atoms with E-state index in [1.54, 1.807) is 66.7 Å². The standard InChI is InChI=1S/C27H25N3O6/c1-34-17-12-13-23(35-2)21(14-17)29-25(31)15-28-26(32)20-16-30(22-10-6-7-11-24(22)36-3)27(33)19-9-5-4-8-18(19)20/h4-14,16H,15H2,1-3H3,(H,28,32)(H,29,31). The molecule has 3 aromatic carbocycles. The van der Waals surface area contributed by atoms with Crippen LogP contribution >= 0.6 is 0 Å². The van der Waals surface area contributed by atoms with E-state index in [2.05, 4.69) is 10.6 Å². The van der Waals surface area contributed by atoms with Crippen LogP contribution in [-0.4, -0.2) is 44.3 Å². The fourth-order valence-electron chi connectivity index (χ4n) is 3.84. The third kappa shape index (κ3) is 4.85. The molecule has 2 amide bonds. The second kappa shape index (κ2) is 10.6. The van der Waals surface area contributed by atoms with Gasteiger partial charge in [-0.3, -0.25) is 19.0 Å². The summed E-state index contributed by atoms with van der Waals surface area (Å²) in [5, 5.41) is 6.18. The van der Waals surface area contributed by atoms with Crippen molar-refractivity contribution in [1.29, 1.82) is 0 Å². The molecule has 9 heteroatoms. The topological polar surface area (TPSA) is 108 Å². The lowest BCUT2D eigenvalue weighted by Crippen LogP contribution is -2.34. The van der Waals surface area contributed by atoms with Gasteiger partial charge in [0, 0.05) is 23.0 Å². The predicted octanol–water partition coefficient (Wildman–Crippen LogP) is 3.39. The Morgan fingerprint density at radius 2 is 1.53 bits per heavy atom. The van der Waals surface area contributed by atoms with Gasteiger partial charge in [-0.1, -0.05) is 30.3 Å². The summed E-state index contributed by atoms with van der Waals surface area (Å²) in [6.45, 7) is -0.304. The first kappa shape index (κ1) is 24.3. The number of hydrogen-bond acceptors (Lipinski definition) is 6. The number of pyridine rings is 1. The van der Waals surface area contributed by atoms with Crippen molar-refractivity contribution in [2.75, 3.05) is 33.2 Å². The molecule has 0 aliphatic carbocycles. The fourth-order valence-corrected chi connectivity index (χ4v) is 3.84. The number of rotatable bonds is 8. The van der Waals surface area contributed by atoms with Gasteiger partial charge in [-0.15, -0.1) is 0 Å². The van der Waals surface area contributed by atoms with Crippen LogP contribution in [0.1, 0.15) is 10.4 Å². The van der Waals surface area contributed by atoms with Crippen LogP contribution in [0.15, 0.2) is 77.7 Å². The summed E-state index contributed by atoms with van der Waals surface area (Å²) in [5.41, 5.74) is 0.844. The second-order valence-corrected chi connectivity index (χ2v) is 7.73. The molecule has 1 aromatic heterocycles. The number of carbonyl (C=O) groups is 2. The van der Waals surface area contributed by atoms with Crippen molar-refractivity contribution in [1.82, 2.24) is 9.88 Å². The monoisotopic (exact) mass is 487 g/mol. The van der Waals surface area contributed by atoms with E-state index in [1.807, 2.05) is 0 Å². The number of amides is 2. The number of aromatic nitrogens is 1. The zero-order valence-corrected chi connectivity index (χ0v) is 20.0. The number of nitrogens with zero attached hydrogens (tertiary/aromatic N) is 1. The van der Waals surface area contributed by atoms with Crippen molar-refractivity contribution in [3.8, 4) is 22.9 Å². The van der Waals surface area contributed by atoms with E-state index in [0.717, 1.165) is 0 Å². The van der Waals surface area contributed by atoms with Crippen LogP contribution in [0.25, 0.3) is 16.5 Å². The maximum atomic E-state index is 13.2. The van der Waals surface area contributed by atoms with E-state index in [4.69, 9.17) is 14.2 Å². The molecular weight excluding hydrogens is 462 g/mol. The maximum Gasteiger partial charge on any atom is 0.263 e. The number of methoxy groups -OCH3 is 3. The lowest BCUT2D eigenvalue weighted by Gasteiger charge is -2.15. The molecule has 0 atom stereocenters. The lowest BCUT2D eigenvalue weighted by atomic mass is 10.1. The molecule has 2 N–H and O–H groups in total. The van der Waals surface area contributed by atoms with Crippen molar-refractivity contribution in [3.05, 3.63) is 88.8 Å². The van der Waals surface area contributed by atoms with Crippen molar-refractivity contribution >= 4 is 28.3 Å². The molecule has 184 valence electrons. The second-order valence-electron chi connectivity index (χ2n) is 7.73. The molecule has 0 fully saturated rings. The molecule has 0 saturated carbocycles. The zero-order valence-electron chi connectivity index (χ0n) is 20.0. The summed E-state index contributed by atoms with van der Waals surface area (Å²) < 4.78 is 17.2. The largest absolute Gasteiger partial charge is 0.497 e. The Balaban J connectivity index is 1.63. The van der Waals surface area contributed by atoms with Gasteiger partial charge in [0.05, 0.1) is 44.8 Å². The average Bonchev–Trinajstić information content (AvgIpc) is 2.92. The van der Waals surface area contributed by atoms with E-state index < -0.39 is 11.8 Å². The summed E-state index contributed by atoms with van der Waals surface area (Å²) in [5.74, 6) is 0.498. The van der Waals surface area contributed by atoms with E-state index in [0.29, 0.717) is 39.4 Å². The molecule has 4 rings (SSSR count). The Kier molecular flexibility index (Phi) is 7.20. The molecule has 0 radical (unpaired) electrons. The highest BCUT2D eigenvalue weighted by atomic mass is 16.5. The van der Waals surface area contributed by atoms with Crippen molar-refractivity contribution < 1.29 is 23.8 Å². The number of benzene rings is 3. The fraction of sp³-hybridized carbons (Fsp3) is 0.148. The third-order valence-electron chi connectivity index (χ3n) is 5.60. The Morgan fingerprint density at radius 1 is 0.833 bits per heavy atom. The quantitative estimate of drug-likeness (QED) is 0.395. The van der Waals surface area contributed by atoms with Crippen LogP contribution in [-0.2, 0) is 4.79 Å². The van der Waals surface area contributed by atoms with Crippen molar-refractivity contribution in [3.63, 3.8) is 0 Å². The van der Waals surface area contributed by atoms with Crippen LogP contribution in [0, 0.1) is 0 Å². The first-order valence-corrected chi connectivity index (χ1v) is 11.0. The van der Waals surface area contributed by atoms with E-state index in [-0.39, 0.29) is 17.7 Å². The molecule has 0 bridgehead atoms. The minimum atomic E-state index is -0.511. The third-order valence-corrected chi connectivity index (χ3v) is 5.60. The molecule has 0 spiro atoms. The van der Waals surface area contributed by atoms with Crippen molar-refractivity contribution in [2.24, 2.45) is 0 Å². The van der Waals surface area contributed by atoms with Gasteiger partial charge < -0.3 is 24.8 Å². The van der Waals surface area contributed by atoms with Crippen LogP contribution in [0.3, 0.4) is 0 Å². The summed E-state index contributed by atoms with van der Waals surface area (Å²) in [7, 11) is 4.51. The summed E-state index contributed by atoms with van der Waals surface area (Å²) in [6.07, 6.45) is 1.46. The smallest absolute Gasteiger partial charge is 0.263 e. The first-order valence-electron chi connectivity index (χ1n) is 11.0. The highest BCUT2D eigenvalue weighted by Gasteiger charge is 2.18. The number of ether oxygens (including phenoxy) is 3. The van der Waals surface area contributed by atoms with E-state index in [1.165, 1.54) is 32.1 Å². The van der Waals surface area contributed by atoms with Gasteiger partial charge in [0.2, 0.25) is 5.91 Å². The molecule has 36 heavy (non-hydrogen) atoms. The van der Waals surface area contributed by atoms with Crippen LogP contribution < -0.4 is 30.4 Å². The Bertz CT molecular complexity index is 1490. The first-order chi connectivity index (χ1) is 17.5. The number of nitrogens with one attached hydrogen (secondary N) is 2. The van der Waals surface area contributed by atoms with Gasteiger partial charge in [0.1, 0.15) is 17.2 Å². The number of fused-ring (bicyclic) bond motifs is 1. The molecule has 9 nitrogen and oxygen atoms in total. The number of para-hydroxylation sites is 2. The Hall–Kier alpha value is -4.79. The molecule has 0 saturated heterocycles. The van der Waals surface area contributed by atoms with Gasteiger partial charge >= 0.3 is 0 Å². The van der Waals surface area contributed by atoms with Crippen LogP contribution in [0.2, 0.25) is 0 Å². The van der Waals surface area contributed by atoms with Crippen molar-refractivity contribution in [2.45, 2.75) is 0 Å². The van der Waals surface area contributed by atoms with E-state index in [9.17, 15) is 14.4 Å². The lowest BCUT2D eigenvalue weighted by molar-refractivity contribution is -0.115. The predicted molar refractivity (Wildman–Crippen MR) is 137 cm³/mol. The van der Waals surface area contributed by atoms with Crippen LogP contribution in [0.4, 0.5) is 5.69 Å². The normalized spacial score (nSPS) is 10.5. The van der Waals surface area contributed by atoms with Gasteiger partial charge in [-0.05, 0) is 30.3 Å². The molecule has 4 aromatic rings. The highest BCUT2D eigenvalue weighted by Crippen LogP contribution is 2.29. The molecule has 0 aliphatic heterocycles. The van der Waals surface area contributed by atoms with Crippen LogP contribution in [0.5, 0.6) is 17.2 Å². The maximum absolute atomic E-state index is 13.2. The van der Waals surface area contributed by atoms with E-state index >= 15 is 0 Å². The minimum Gasteiger partial charge on any atom is -0.497 e. The van der Waals surface area contributed by atoms with Gasteiger partial charge in [0.25, 0.3) is 11.5 Å². The molecule has 0 aliphatic rings. The number of carbonyl (C=O) groups excluding carboxylic acids is 2. The van der Waals surface area contributed by atoms with Gasteiger partial charge in [0.15, 0.2) is 0 Å². The SMILES string of the molecule is COc1ccc(OC)c(NC(=O)CNC(=O)c2cn(-c3ccccc3OC)c(=O)c3ccccc23)c1. The molecule has 1 heterocycles. The highest BCUT2D eigenvalue weighted by molar-refractivity contribution is 6.08. The number of hydrogen-bond donors (Lipinski definition) is 2. The molecular formula is C27H25N3O6. The summed E-state index contributed by atoms with van der Waals surface area (Å²) in [6, 6.07) is 18.8. The minimum absolute atomic E-state index is 0.239. The summed E-state index contributed by atoms with van der Waals surface area (Å²) >= 11 is 0. The van der Waals surface area contributed by atoms with Gasteiger partial charge in [-0.2, -0.15) is 0 Å². The Morgan fingerprint density at radius 3 is 2.25 bits per heavy atom. The molecule has 0 unspecified atom stereocenters. The van der Waals surface area contributed by atoms with Gasteiger partial charge in [-0.25, -0.2) is 0 Å². The zero-order chi connectivity index (χ0) is 25.7. The average molecular weight is 488 g/mol.